The number of epoxide rings is 1. The quantitative estimate of drug-likeness (QED) is 0.592. The summed E-state index contributed by atoms with van der Waals surface area (Å²) in [6.07, 6.45) is -0.0289. The number of benzene rings is 1. The Morgan fingerprint density at radius 2 is 1.62 bits per heavy atom. The molecule has 1 aliphatic heterocycles. The molecule has 4 nitrogen and oxygen atoms in total. The molecule has 1 unspecified atom stereocenters. The minimum absolute atomic E-state index is 0.161. The van der Waals surface area contributed by atoms with Crippen LogP contribution in [0.25, 0.3) is 0 Å². The van der Waals surface area contributed by atoms with Crippen molar-refractivity contribution in [1.82, 2.24) is 0 Å². The Labute approximate surface area is 128 Å². The molecule has 0 spiro atoms. The Bertz CT molecular complexity index is 489. The van der Waals surface area contributed by atoms with Crippen LogP contribution in [0.3, 0.4) is 0 Å². The van der Waals surface area contributed by atoms with Crippen LogP contribution in [0.2, 0.25) is 19.6 Å². The van der Waals surface area contributed by atoms with E-state index in [-0.39, 0.29) is 17.8 Å². The Balaban J connectivity index is 2.51. The second kappa shape index (κ2) is 5.63. The third kappa shape index (κ3) is 3.25. The summed E-state index contributed by atoms with van der Waals surface area (Å²) < 4.78 is 23.4. The number of hydrogen-bond donors (Lipinski definition) is 0. The minimum Gasteiger partial charge on any atom is -0.496 e. The third-order valence-electron chi connectivity index (χ3n) is 3.90. The normalized spacial score (nSPS) is 26.3. The topological polar surface area (TPSA) is 40.2 Å². The van der Waals surface area contributed by atoms with E-state index in [1.165, 1.54) is 0 Å². The molecular weight excluding hydrogens is 284 g/mol. The van der Waals surface area contributed by atoms with Gasteiger partial charge in [-0.1, -0.05) is 6.07 Å². The van der Waals surface area contributed by atoms with Crippen molar-refractivity contribution in [1.29, 1.82) is 0 Å². The van der Waals surface area contributed by atoms with E-state index < -0.39 is 8.32 Å². The predicted molar refractivity (Wildman–Crippen MR) is 85.7 cm³/mol. The van der Waals surface area contributed by atoms with Crippen molar-refractivity contribution in [2.24, 2.45) is 0 Å². The highest BCUT2D eigenvalue weighted by Crippen LogP contribution is 2.53. The summed E-state index contributed by atoms with van der Waals surface area (Å²) in [6.45, 7) is 10.7. The Kier molecular flexibility index (Phi) is 4.38. The lowest BCUT2D eigenvalue weighted by molar-refractivity contribution is 0.0958. The van der Waals surface area contributed by atoms with Crippen LogP contribution in [0.5, 0.6) is 11.5 Å². The lowest BCUT2D eigenvalue weighted by atomic mass is 9.93. The molecular formula is C16H26O4Si. The van der Waals surface area contributed by atoms with Gasteiger partial charge in [0.2, 0.25) is 0 Å². The van der Waals surface area contributed by atoms with Gasteiger partial charge in [0.25, 0.3) is 0 Å². The largest absolute Gasteiger partial charge is 0.496 e. The second-order valence-electron chi connectivity index (χ2n) is 6.63. The van der Waals surface area contributed by atoms with Crippen molar-refractivity contribution < 1.29 is 18.6 Å². The smallest absolute Gasteiger partial charge is 0.184 e. The lowest BCUT2D eigenvalue weighted by Gasteiger charge is -2.31. The van der Waals surface area contributed by atoms with Gasteiger partial charge in [-0.15, -0.1) is 0 Å². The van der Waals surface area contributed by atoms with Gasteiger partial charge in [-0.05, 0) is 45.6 Å². The zero-order chi connectivity index (χ0) is 15.8. The van der Waals surface area contributed by atoms with Gasteiger partial charge in [0, 0.05) is 0 Å². The summed E-state index contributed by atoms with van der Waals surface area (Å²) in [6, 6.07) is 5.80. The van der Waals surface area contributed by atoms with Crippen molar-refractivity contribution in [3.8, 4) is 11.5 Å². The standard InChI is InChI=1S/C16H26O4Si/c1-11-16(2,19-11)15(20-21(5,6)7)14-12(17-3)9-8-10-13(14)18-4/h8-11,15H,1-7H3/t11-,15?,16-/m1/s1. The summed E-state index contributed by atoms with van der Waals surface area (Å²) in [4.78, 5) is 0. The molecule has 1 aromatic carbocycles. The van der Waals surface area contributed by atoms with Gasteiger partial charge in [-0.3, -0.25) is 0 Å². The highest BCUT2D eigenvalue weighted by molar-refractivity contribution is 6.69. The molecule has 0 aliphatic carbocycles. The Morgan fingerprint density at radius 1 is 1.14 bits per heavy atom. The van der Waals surface area contributed by atoms with Crippen molar-refractivity contribution in [3.05, 3.63) is 23.8 Å². The van der Waals surface area contributed by atoms with Gasteiger partial charge in [-0.2, -0.15) is 0 Å². The van der Waals surface area contributed by atoms with E-state index in [0.29, 0.717) is 0 Å². The van der Waals surface area contributed by atoms with Gasteiger partial charge in [0.05, 0.1) is 25.9 Å². The van der Waals surface area contributed by atoms with Crippen LogP contribution in [-0.2, 0) is 9.16 Å². The number of methoxy groups -OCH3 is 2. The molecule has 0 amide bonds. The highest BCUT2D eigenvalue weighted by Gasteiger charge is 2.58. The molecule has 1 aliphatic rings. The average molecular weight is 310 g/mol. The molecule has 0 aromatic heterocycles. The number of hydrogen-bond acceptors (Lipinski definition) is 4. The van der Waals surface area contributed by atoms with E-state index in [9.17, 15) is 0 Å². The van der Waals surface area contributed by atoms with Gasteiger partial charge < -0.3 is 18.6 Å². The summed E-state index contributed by atoms with van der Waals surface area (Å²) in [5, 5.41) is 0. The molecule has 0 N–H and O–H groups in total. The first-order valence-electron chi connectivity index (χ1n) is 7.29. The van der Waals surface area contributed by atoms with Crippen molar-refractivity contribution in [3.63, 3.8) is 0 Å². The van der Waals surface area contributed by atoms with Crippen molar-refractivity contribution >= 4 is 8.32 Å². The summed E-state index contributed by atoms with van der Waals surface area (Å²) >= 11 is 0. The zero-order valence-electron chi connectivity index (χ0n) is 14.0. The maximum atomic E-state index is 6.46. The maximum Gasteiger partial charge on any atom is 0.184 e. The van der Waals surface area contributed by atoms with Crippen LogP contribution < -0.4 is 9.47 Å². The SMILES string of the molecule is COc1cccc(OC)c1C(O[Si](C)(C)C)[C@]1(C)O[C@@H]1C. The van der Waals surface area contributed by atoms with Crippen molar-refractivity contribution in [2.75, 3.05) is 14.2 Å². The molecule has 118 valence electrons. The molecule has 1 heterocycles. The number of ether oxygens (including phenoxy) is 3. The van der Waals surface area contributed by atoms with E-state index in [4.69, 9.17) is 18.6 Å². The summed E-state index contributed by atoms with van der Waals surface area (Å²) in [5.41, 5.74) is 0.610. The Morgan fingerprint density at radius 3 is 1.95 bits per heavy atom. The van der Waals surface area contributed by atoms with Crippen LogP contribution in [0, 0.1) is 0 Å². The lowest BCUT2D eigenvalue weighted by Crippen LogP contribution is -2.35. The first-order chi connectivity index (χ1) is 9.73. The molecule has 0 saturated carbocycles. The molecule has 2 rings (SSSR count). The van der Waals surface area contributed by atoms with Gasteiger partial charge in [-0.25, -0.2) is 0 Å². The molecule has 1 aromatic rings. The van der Waals surface area contributed by atoms with Gasteiger partial charge in [0.1, 0.15) is 23.2 Å². The predicted octanol–water partition coefficient (Wildman–Crippen LogP) is 3.77. The molecule has 21 heavy (non-hydrogen) atoms. The van der Waals surface area contributed by atoms with Gasteiger partial charge in [0.15, 0.2) is 8.32 Å². The zero-order valence-corrected chi connectivity index (χ0v) is 15.0. The molecule has 1 saturated heterocycles. The third-order valence-corrected chi connectivity index (χ3v) is 4.84. The highest BCUT2D eigenvalue weighted by atomic mass is 28.4. The first kappa shape index (κ1) is 16.3. The number of rotatable bonds is 6. The average Bonchev–Trinajstić information content (AvgIpc) is 3.03. The maximum absolute atomic E-state index is 6.46. The van der Waals surface area contributed by atoms with Crippen LogP contribution in [0.1, 0.15) is 25.5 Å². The first-order valence-corrected chi connectivity index (χ1v) is 10.7. The minimum atomic E-state index is -1.76. The van der Waals surface area contributed by atoms with Crippen molar-refractivity contribution in [2.45, 2.75) is 51.3 Å². The molecule has 0 radical (unpaired) electrons. The monoisotopic (exact) mass is 310 g/mol. The fourth-order valence-corrected chi connectivity index (χ4v) is 3.64. The molecule has 0 bridgehead atoms. The second-order valence-corrected chi connectivity index (χ2v) is 11.1. The van der Waals surface area contributed by atoms with Gasteiger partial charge >= 0.3 is 0 Å². The summed E-state index contributed by atoms with van der Waals surface area (Å²) in [5.74, 6) is 1.56. The van der Waals surface area contributed by atoms with Crippen LogP contribution >= 0.6 is 0 Å². The molecule has 5 heteroatoms. The summed E-state index contributed by atoms with van der Waals surface area (Å²) in [7, 11) is 1.58. The molecule has 1 fully saturated rings. The van der Waals surface area contributed by atoms with E-state index in [0.717, 1.165) is 17.1 Å². The van der Waals surface area contributed by atoms with Crippen LogP contribution in [-0.4, -0.2) is 34.2 Å². The van der Waals surface area contributed by atoms with Crippen LogP contribution in [0.4, 0.5) is 0 Å². The fraction of sp³-hybridized carbons (Fsp3) is 0.625. The van der Waals surface area contributed by atoms with E-state index in [2.05, 4.69) is 33.5 Å². The van der Waals surface area contributed by atoms with Crippen LogP contribution in [0.15, 0.2) is 18.2 Å². The van der Waals surface area contributed by atoms with E-state index >= 15 is 0 Å². The van der Waals surface area contributed by atoms with E-state index in [1.54, 1.807) is 14.2 Å². The Hall–Kier alpha value is -1.04. The fourth-order valence-electron chi connectivity index (χ4n) is 2.58. The molecule has 3 atom stereocenters. The van der Waals surface area contributed by atoms with E-state index in [1.807, 2.05) is 18.2 Å².